The van der Waals surface area contributed by atoms with Gasteiger partial charge in [-0.15, -0.1) is 0 Å². The number of anilines is 1. The molecule has 2 aliphatic heterocycles. The topological polar surface area (TPSA) is 44.4 Å². The van der Waals surface area contributed by atoms with E-state index in [0.29, 0.717) is 10.7 Å². The lowest BCUT2D eigenvalue weighted by atomic mass is 9.98. The van der Waals surface area contributed by atoms with Gasteiger partial charge in [-0.1, -0.05) is 11.6 Å². The fraction of sp³-hybridized carbons (Fsp3) is 0.562. The van der Waals surface area contributed by atoms with E-state index in [0.717, 1.165) is 45.3 Å². The highest BCUT2D eigenvalue weighted by molar-refractivity contribution is 6.30. The molecule has 2 fully saturated rings. The van der Waals surface area contributed by atoms with Crippen LogP contribution in [0, 0.1) is 5.82 Å². The van der Waals surface area contributed by atoms with Crippen LogP contribution in [-0.4, -0.2) is 42.5 Å². The van der Waals surface area contributed by atoms with Gasteiger partial charge < -0.3 is 15.5 Å². The molecule has 0 aromatic heterocycles. The summed E-state index contributed by atoms with van der Waals surface area (Å²) in [4.78, 5) is 14.7. The Labute approximate surface area is 135 Å². The molecule has 3 rings (SSSR count). The van der Waals surface area contributed by atoms with Crippen LogP contribution in [0.4, 0.5) is 10.1 Å². The minimum atomic E-state index is -0.397. The van der Waals surface area contributed by atoms with Crippen LogP contribution in [0.1, 0.15) is 25.7 Å². The first-order valence-electron chi connectivity index (χ1n) is 7.87. The summed E-state index contributed by atoms with van der Waals surface area (Å²) in [5, 5.41) is 6.83. The number of hydrogen-bond acceptors (Lipinski definition) is 3. The molecule has 0 aliphatic carbocycles. The van der Waals surface area contributed by atoms with Crippen LogP contribution >= 0.6 is 11.6 Å². The van der Waals surface area contributed by atoms with Crippen molar-refractivity contribution < 1.29 is 9.18 Å². The zero-order valence-corrected chi connectivity index (χ0v) is 13.2. The Hall–Kier alpha value is -1.33. The molecular formula is C16H21ClFN3O. The molecule has 2 unspecified atom stereocenters. The van der Waals surface area contributed by atoms with Crippen LogP contribution in [-0.2, 0) is 4.79 Å². The zero-order chi connectivity index (χ0) is 15.5. The van der Waals surface area contributed by atoms with Crippen LogP contribution < -0.4 is 10.6 Å². The van der Waals surface area contributed by atoms with E-state index in [2.05, 4.69) is 10.6 Å². The smallest absolute Gasteiger partial charge is 0.245 e. The van der Waals surface area contributed by atoms with E-state index in [1.807, 2.05) is 4.90 Å². The van der Waals surface area contributed by atoms with Gasteiger partial charge in [0.2, 0.25) is 5.91 Å². The van der Waals surface area contributed by atoms with Crippen molar-refractivity contribution in [3.05, 3.63) is 29.0 Å². The minimum Gasteiger partial charge on any atom is -0.374 e. The van der Waals surface area contributed by atoms with E-state index in [1.165, 1.54) is 12.1 Å². The third-order valence-corrected chi connectivity index (χ3v) is 4.61. The number of carbonyl (C=O) groups excluding carboxylic acids is 1. The van der Waals surface area contributed by atoms with Gasteiger partial charge in [0.05, 0.1) is 0 Å². The van der Waals surface area contributed by atoms with Crippen molar-refractivity contribution in [2.45, 2.75) is 37.8 Å². The van der Waals surface area contributed by atoms with E-state index in [4.69, 9.17) is 11.6 Å². The van der Waals surface area contributed by atoms with Crippen molar-refractivity contribution in [3.63, 3.8) is 0 Å². The number of hydrogen-bond donors (Lipinski definition) is 2. The summed E-state index contributed by atoms with van der Waals surface area (Å²) in [5.41, 5.74) is 0.562. The van der Waals surface area contributed by atoms with Gasteiger partial charge in [-0.05, 0) is 50.4 Å². The molecule has 0 bridgehead atoms. The molecule has 2 N–H and O–H groups in total. The zero-order valence-electron chi connectivity index (χ0n) is 12.4. The highest BCUT2D eigenvalue weighted by Crippen LogP contribution is 2.24. The normalized spacial score (nSPS) is 26.1. The molecule has 0 radical (unpaired) electrons. The van der Waals surface area contributed by atoms with E-state index in [9.17, 15) is 9.18 Å². The predicted octanol–water partition coefficient (Wildman–Crippen LogP) is 2.63. The third-order valence-electron chi connectivity index (χ3n) is 4.39. The van der Waals surface area contributed by atoms with Gasteiger partial charge in [-0.3, -0.25) is 4.79 Å². The Balaban J connectivity index is 1.69. The van der Waals surface area contributed by atoms with Crippen LogP contribution in [0.5, 0.6) is 0 Å². The number of benzene rings is 1. The Morgan fingerprint density at radius 2 is 2.14 bits per heavy atom. The van der Waals surface area contributed by atoms with Gasteiger partial charge in [0.15, 0.2) is 0 Å². The molecule has 1 amide bonds. The fourth-order valence-corrected chi connectivity index (χ4v) is 3.56. The first-order chi connectivity index (χ1) is 10.6. The Kier molecular flexibility index (Phi) is 4.84. The number of nitrogens with one attached hydrogen (secondary N) is 2. The molecule has 4 nitrogen and oxygen atoms in total. The van der Waals surface area contributed by atoms with Gasteiger partial charge in [0, 0.05) is 29.8 Å². The Bertz CT molecular complexity index is 528. The number of likely N-dealkylation sites (tertiary alicyclic amines) is 1. The summed E-state index contributed by atoms with van der Waals surface area (Å²) >= 11 is 5.87. The number of carbonyl (C=O) groups is 1. The van der Waals surface area contributed by atoms with Crippen molar-refractivity contribution in [3.8, 4) is 0 Å². The SMILES string of the molecule is O=C1C(Nc2cc(F)cc(Cl)c2)CCCN1C1CCCNC1. The summed E-state index contributed by atoms with van der Waals surface area (Å²) in [6.45, 7) is 2.71. The van der Waals surface area contributed by atoms with E-state index >= 15 is 0 Å². The fourth-order valence-electron chi connectivity index (χ4n) is 3.33. The number of rotatable bonds is 3. The lowest BCUT2D eigenvalue weighted by molar-refractivity contribution is -0.137. The second-order valence-electron chi connectivity index (χ2n) is 6.03. The van der Waals surface area contributed by atoms with Crippen LogP contribution in [0.15, 0.2) is 18.2 Å². The second kappa shape index (κ2) is 6.84. The molecule has 1 aromatic carbocycles. The highest BCUT2D eigenvalue weighted by Gasteiger charge is 2.33. The van der Waals surface area contributed by atoms with E-state index < -0.39 is 5.82 Å². The third kappa shape index (κ3) is 3.52. The lowest BCUT2D eigenvalue weighted by Crippen LogP contribution is -2.55. The lowest BCUT2D eigenvalue weighted by Gasteiger charge is -2.40. The van der Waals surface area contributed by atoms with Crippen LogP contribution in [0.3, 0.4) is 0 Å². The standard InChI is InChI=1S/C16H21ClFN3O/c17-11-7-12(18)9-13(8-11)20-15-4-2-6-21(16(15)22)14-3-1-5-19-10-14/h7-9,14-15,19-20H,1-6,10H2. The van der Waals surface area contributed by atoms with Crippen LogP contribution in [0.25, 0.3) is 0 Å². The van der Waals surface area contributed by atoms with Crippen LogP contribution in [0.2, 0.25) is 5.02 Å². The quantitative estimate of drug-likeness (QED) is 0.898. The summed E-state index contributed by atoms with van der Waals surface area (Å²) in [7, 11) is 0. The molecule has 0 spiro atoms. The van der Waals surface area contributed by atoms with Gasteiger partial charge >= 0.3 is 0 Å². The first kappa shape index (κ1) is 15.6. The highest BCUT2D eigenvalue weighted by atomic mass is 35.5. The largest absolute Gasteiger partial charge is 0.374 e. The molecule has 2 saturated heterocycles. The molecular weight excluding hydrogens is 305 g/mol. The molecule has 22 heavy (non-hydrogen) atoms. The summed E-state index contributed by atoms with van der Waals surface area (Å²) in [6.07, 6.45) is 3.88. The maximum atomic E-state index is 13.4. The molecule has 2 heterocycles. The van der Waals surface area contributed by atoms with Crippen molar-refractivity contribution >= 4 is 23.2 Å². The van der Waals surface area contributed by atoms with Gasteiger partial charge in [-0.25, -0.2) is 4.39 Å². The molecule has 0 saturated carbocycles. The number of nitrogens with zero attached hydrogens (tertiary/aromatic N) is 1. The van der Waals surface area contributed by atoms with Crippen molar-refractivity contribution in [1.29, 1.82) is 0 Å². The van der Waals surface area contributed by atoms with Crippen molar-refractivity contribution in [1.82, 2.24) is 10.2 Å². The maximum Gasteiger partial charge on any atom is 0.245 e. The number of piperidine rings is 2. The van der Waals surface area contributed by atoms with Crippen molar-refractivity contribution in [2.24, 2.45) is 0 Å². The summed E-state index contributed by atoms with van der Waals surface area (Å²) in [5.74, 6) is -0.285. The van der Waals surface area contributed by atoms with E-state index in [1.54, 1.807) is 6.07 Å². The minimum absolute atomic E-state index is 0.111. The molecule has 2 aliphatic rings. The average molecular weight is 326 g/mol. The van der Waals surface area contributed by atoms with E-state index in [-0.39, 0.29) is 18.0 Å². The monoisotopic (exact) mass is 325 g/mol. The van der Waals surface area contributed by atoms with Gasteiger partial charge in [-0.2, -0.15) is 0 Å². The molecule has 120 valence electrons. The second-order valence-corrected chi connectivity index (χ2v) is 6.47. The first-order valence-corrected chi connectivity index (χ1v) is 8.25. The Morgan fingerprint density at radius 3 is 2.86 bits per heavy atom. The number of halogens is 2. The average Bonchev–Trinajstić information content (AvgIpc) is 2.49. The summed E-state index contributed by atoms with van der Waals surface area (Å²) < 4.78 is 13.4. The van der Waals surface area contributed by atoms with Gasteiger partial charge in [0.1, 0.15) is 11.9 Å². The van der Waals surface area contributed by atoms with Crippen molar-refractivity contribution in [2.75, 3.05) is 25.0 Å². The molecule has 1 aromatic rings. The Morgan fingerprint density at radius 1 is 1.27 bits per heavy atom. The summed E-state index contributed by atoms with van der Waals surface area (Å²) in [6, 6.07) is 4.27. The number of amides is 1. The maximum absolute atomic E-state index is 13.4. The van der Waals surface area contributed by atoms with Gasteiger partial charge in [0.25, 0.3) is 0 Å². The molecule has 6 heteroatoms. The predicted molar refractivity (Wildman–Crippen MR) is 85.7 cm³/mol. The molecule has 2 atom stereocenters.